The molecule has 0 aliphatic rings. The fourth-order valence-electron chi connectivity index (χ4n) is 5.38. The summed E-state index contributed by atoms with van der Waals surface area (Å²) in [6, 6.07) is 21.8. The van der Waals surface area contributed by atoms with Crippen molar-refractivity contribution in [3.8, 4) is 11.3 Å². The van der Waals surface area contributed by atoms with E-state index in [4.69, 9.17) is 9.97 Å². The van der Waals surface area contributed by atoms with E-state index in [9.17, 15) is 0 Å². The Hall–Kier alpha value is -2.56. The molecule has 0 amide bonds. The number of thiophene rings is 1. The molecule has 5 rings (SSSR count). The Morgan fingerprint density at radius 3 is 2.41 bits per heavy atom. The zero-order valence-electron chi connectivity index (χ0n) is 21.4. The summed E-state index contributed by atoms with van der Waals surface area (Å²) in [6.07, 6.45) is 1.74. The van der Waals surface area contributed by atoms with Gasteiger partial charge >= 0.3 is 0 Å². The Kier molecular flexibility index (Phi) is 5.65. The van der Waals surface area contributed by atoms with Gasteiger partial charge in [-0.25, -0.2) is 9.97 Å². The first-order chi connectivity index (χ1) is 16.0. The molecule has 34 heavy (non-hydrogen) atoms. The minimum atomic E-state index is -1.64. The maximum absolute atomic E-state index is 4.85. The van der Waals surface area contributed by atoms with Gasteiger partial charge < -0.3 is 0 Å². The molecule has 0 saturated carbocycles. The summed E-state index contributed by atoms with van der Waals surface area (Å²) in [6.45, 7) is 16.5. The van der Waals surface area contributed by atoms with E-state index in [2.05, 4.69) is 102 Å². The molecule has 3 aromatic carbocycles. The molecule has 0 aliphatic carbocycles. The monoisotopic (exact) mass is 482 g/mol. The quantitative estimate of drug-likeness (QED) is 0.240. The number of rotatable bonds is 4. The molecule has 0 spiro atoms. The zero-order chi connectivity index (χ0) is 24.3. The van der Waals surface area contributed by atoms with Gasteiger partial charge in [0.15, 0.2) is 0 Å². The second-order valence-electron chi connectivity index (χ2n) is 11.7. The number of hydrogen-bond donors (Lipinski definition) is 0. The van der Waals surface area contributed by atoms with Crippen molar-refractivity contribution >= 4 is 55.7 Å². The average Bonchev–Trinajstić information content (AvgIpc) is 3.15. The van der Waals surface area contributed by atoms with Gasteiger partial charge in [-0.05, 0) is 39.8 Å². The van der Waals surface area contributed by atoms with Crippen molar-refractivity contribution in [1.82, 2.24) is 9.97 Å². The van der Waals surface area contributed by atoms with Crippen molar-refractivity contribution in [2.75, 3.05) is 0 Å². The molecule has 174 valence electrons. The predicted octanol–water partition coefficient (Wildman–Crippen LogP) is 8.53. The van der Waals surface area contributed by atoms with E-state index < -0.39 is 8.07 Å². The highest BCUT2D eigenvalue weighted by Crippen LogP contribution is 2.40. The molecule has 0 atom stereocenters. The second kappa shape index (κ2) is 8.28. The number of hydrogen-bond acceptors (Lipinski definition) is 3. The molecular weight excluding hydrogens is 448 g/mol. The third-order valence-electron chi connectivity index (χ3n) is 6.90. The van der Waals surface area contributed by atoms with E-state index in [1.165, 1.54) is 47.9 Å². The highest BCUT2D eigenvalue weighted by molar-refractivity contribution is 7.26. The lowest BCUT2D eigenvalue weighted by atomic mass is 9.87. The Morgan fingerprint density at radius 1 is 0.912 bits per heavy atom. The van der Waals surface area contributed by atoms with E-state index in [1.807, 2.05) is 11.3 Å². The van der Waals surface area contributed by atoms with E-state index in [-0.39, 0.29) is 5.41 Å². The lowest BCUT2D eigenvalue weighted by Gasteiger charge is -2.27. The van der Waals surface area contributed by atoms with Crippen molar-refractivity contribution in [1.29, 1.82) is 0 Å². The van der Waals surface area contributed by atoms with Gasteiger partial charge in [0.1, 0.15) is 6.33 Å². The molecule has 0 aliphatic heterocycles. The SMILES string of the molecule is CC(C)C[Si](C)(C)c1cc(-c2ncnc3c2sc2cc(C(C)(C)C)ccc23)cc2ccccc12. The van der Waals surface area contributed by atoms with Gasteiger partial charge in [-0.2, -0.15) is 0 Å². The minimum Gasteiger partial charge on any atom is -0.235 e. The van der Waals surface area contributed by atoms with Crippen LogP contribution in [0.1, 0.15) is 40.2 Å². The molecule has 0 N–H and O–H groups in total. The van der Waals surface area contributed by atoms with Crippen LogP contribution in [0.3, 0.4) is 0 Å². The summed E-state index contributed by atoms with van der Waals surface area (Å²) < 4.78 is 2.48. The van der Waals surface area contributed by atoms with Gasteiger partial charge in [0.25, 0.3) is 0 Å². The van der Waals surface area contributed by atoms with Crippen LogP contribution in [0.2, 0.25) is 19.1 Å². The molecule has 2 heterocycles. The molecule has 0 fully saturated rings. The summed E-state index contributed by atoms with van der Waals surface area (Å²) in [5.41, 5.74) is 4.82. The van der Waals surface area contributed by atoms with Gasteiger partial charge in [0.2, 0.25) is 0 Å². The first-order valence-corrected chi connectivity index (χ1v) is 16.3. The number of aromatic nitrogens is 2. The van der Waals surface area contributed by atoms with E-state index in [1.54, 1.807) is 6.33 Å². The van der Waals surface area contributed by atoms with Crippen LogP contribution in [-0.4, -0.2) is 18.0 Å². The Balaban J connectivity index is 1.76. The lowest BCUT2D eigenvalue weighted by molar-refractivity contribution is 0.591. The van der Waals surface area contributed by atoms with Gasteiger partial charge in [-0.15, -0.1) is 11.3 Å². The van der Waals surface area contributed by atoms with Crippen LogP contribution in [0, 0.1) is 5.92 Å². The van der Waals surface area contributed by atoms with E-state index >= 15 is 0 Å². The summed E-state index contributed by atoms with van der Waals surface area (Å²) in [5.74, 6) is 0.689. The second-order valence-corrected chi connectivity index (χ2v) is 17.5. The van der Waals surface area contributed by atoms with Crippen molar-refractivity contribution in [2.45, 2.75) is 59.2 Å². The Bertz CT molecular complexity index is 1520. The normalized spacial score (nSPS) is 12.9. The first kappa shape index (κ1) is 23.2. The molecule has 0 bridgehead atoms. The molecule has 0 radical (unpaired) electrons. The molecular formula is C30H34N2SSi. The summed E-state index contributed by atoms with van der Waals surface area (Å²) >= 11 is 1.83. The molecule has 4 heteroatoms. The summed E-state index contributed by atoms with van der Waals surface area (Å²) in [4.78, 5) is 9.58. The Labute approximate surface area is 208 Å². The fourth-order valence-corrected chi connectivity index (χ4v) is 10.4. The van der Waals surface area contributed by atoms with Crippen molar-refractivity contribution in [3.05, 3.63) is 66.5 Å². The number of fused-ring (bicyclic) bond motifs is 4. The van der Waals surface area contributed by atoms with Crippen molar-refractivity contribution in [3.63, 3.8) is 0 Å². The van der Waals surface area contributed by atoms with Gasteiger partial charge in [0, 0.05) is 15.6 Å². The van der Waals surface area contributed by atoms with Crippen LogP contribution in [0.5, 0.6) is 0 Å². The molecule has 2 aromatic heterocycles. The summed E-state index contributed by atoms with van der Waals surface area (Å²) in [7, 11) is -1.64. The minimum absolute atomic E-state index is 0.124. The largest absolute Gasteiger partial charge is 0.235 e. The van der Waals surface area contributed by atoms with E-state index in [0.29, 0.717) is 5.92 Å². The molecule has 0 saturated heterocycles. The van der Waals surface area contributed by atoms with Gasteiger partial charge in [0.05, 0.1) is 24.0 Å². The van der Waals surface area contributed by atoms with E-state index in [0.717, 1.165) is 11.2 Å². The number of benzene rings is 3. The predicted molar refractivity (Wildman–Crippen MR) is 153 cm³/mol. The highest BCUT2D eigenvalue weighted by atomic mass is 32.1. The van der Waals surface area contributed by atoms with Crippen LogP contribution in [-0.2, 0) is 5.41 Å². The van der Waals surface area contributed by atoms with Crippen LogP contribution in [0.15, 0.2) is 60.9 Å². The number of nitrogens with zero attached hydrogens (tertiary/aromatic N) is 2. The fraction of sp³-hybridized carbons (Fsp3) is 0.333. The van der Waals surface area contributed by atoms with Crippen LogP contribution < -0.4 is 5.19 Å². The smallest absolute Gasteiger partial charge is 0.116 e. The maximum Gasteiger partial charge on any atom is 0.116 e. The first-order valence-electron chi connectivity index (χ1n) is 12.3. The topological polar surface area (TPSA) is 25.8 Å². The summed E-state index contributed by atoms with van der Waals surface area (Å²) in [5, 5.41) is 5.48. The third-order valence-corrected chi connectivity index (χ3v) is 11.8. The average molecular weight is 483 g/mol. The van der Waals surface area contributed by atoms with Crippen molar-refractivity contribution in [2.24, 2.45) is 5.92 Å². The third kappa shape index (κ3) is 4.07. The zero-order valence-corrected chi connectivity index (χ0v) is 23.2. The standard InChI is InChI=1S/C30H34N2SSi/c1-19(2)17-34(6,7)26-15-21(14-20-10-8-9-11-23(20)26)27-29-28(32-18-31-27)24-13-12-22(30(3,4)5)16-25(24)33-29/h8-16,18-19H,17H2,1-7H3. The van der Waals surface area contributed by atoms with Gasteiger partial charge in [-0.3, -0.25) is 0 Å². The lowest BCUT2D eigenvalue weighted by Crippen LogP contribution is -2.42. The Morgan fingerprint density at radius 2 is 1.68 bits per heavy atom. The van der Waals surface area contributed by atoms with Gasteiger partial charge in [-0.1, -0.05) is 101 Å². The van der Waals surface area contributed by atoms with Crippen LogP contribution >= 0.6 is 11.3 Å². The van der Waals surface area contributed by atoms with Crippen LogP contribution in [0.25, 0.3) is 42.3 Å². The van der Waals surface area contributed by atoms with Crippen LogP contribution in [0.4, 0.5) is 0 Å². The maximum atomic E-state index is 4.85. The highest BCUT2D eigenvalue weighted by Gasteiger charge is 2.28. The molecule has 0 unspecified atom stereocenters. The van der Waals surface area contributed by atoms with Crippen molar-refractivity contribution < 1.29 is 0 Å². The molecule has 2 nitrogen and oxygen atoms in total. The molecule has 5 aromatic rings.